The summed E-state index contributed by atoms with van der Waals surface area (Å²) in [6.45, 7) is 2.92. The van der Waals surface area contributed by atoms with Gasteiger partial charge in [-0.3, -0.25) is 4.79 Å². The molecule has 158 valence electrons. The molecule has 1 N–H and O–H groups in total. The molecule has 0 bridgehead atoms. The van der Waals surface area contributed by atoms with E-state index in [2.05, 4.69) is 5.32 Å². The lowest BCUT2D eigenvalue weighted by atomic mass is 10.0. The summed E-state index contributed by atoms with van der Waals surface area (Å²) >= 11 is 0. The molecule has 0 radical (unpaired) electrons. The zero-order valence-corrected chi connectivity index (χ0v) is 16.7. The van der Waals surface area contributed by atoms with Crippen LogP contribution >= 0.6 is 0 Å². The van der Waals surface area contributed by atoms with Crippen LogP contribution in [0.1, 0.15) is 30.1 Å². The average molecular weight is 412 g/mol. The van der Waals surface area contributed by atoms with Gasteiger partial charge in [-0.15, -0.1) is 0 Å². The summed E-state index contributed by atoms with van der Waals surface area (Å²) in [5, 5.41) is 2.97. The van der Waals surface area contributed by atoms with Crippen LogP contribution in [0.4, 0.5) is 9.59 Å². The Balaban J connectivity index is 1.44. The Hall–Kier alpha value is -3.55. The number of para-hydroxylation sites is 1. The fourth-order valence-corrected chi connectivity index (χ4v) is 3.05. The minimum Gasteiger partial charge on any atom is -0.434 e. The molecule has 0 aliphatic carbocycles. The zero-order valence-electron chi connectivity index (χ0n) is 16.7. The first kappa shape index (κ1) is 21.2. The molecule has 0 aromatic heterocycles. The number of rotatable bonds is 5. The van der Waals surface area contributed by atoms with Crippen LogP contribution in [-0.2, 0) is 4.74 Å². The van der Waals surface area contributed by atoms with Gasteiger partial charge in [0.15, 0.2) is 0 Å². The molecule has 1 heterocycles. The lowest BCUT2D eigenvalue weighted by Crippen LogP contribution is -2.47. The third-order valence-corrected chi connectivity index (χ3v) is 4.62. The predicted octanol–water partition coefficient (Wildman–Crippen LogP) is 3.62. The highest BCUT2D eigenvalue weighted by atomic mass is 16.7. The third kappa shape index (κ3) is 5.97. The van der Waals surface area contributed by atoms with Crippen LogP contribution < -0.4 is 14.8 Å². The van der Waals surface area contributed by atoms with Gasteiger partial charge < -0.3 is 24.4 Å². The third-order valence-electron chi connectivity index (χ3n) is 4.62. The van der Waals surface area contributed by atoms with Gasteiger partial charge in [0.1, 0.15) is 11.5 Å². The highest BCUT2D eigenvalue weighted by Gasteiger charge is 2.25. The van der Waals surface area contributed by atoms with Gasteiger partial charge in [0.2, 0.25) is 0 Å². The molecular formula is C22H24N2O6. The Morgan fingerprint density at radius 1 is 0.933 bits per heavy atom. The summed E-state index contributed by atoms with van der Waals surface area (Å²) in [5.74, 6) is 0.589. The van der Waals surface area contributed by atoms with Gasteiger partial charge in [-0.05, 0) is 56.2 Å². The number of nitrogens with zero attached hydrogens (tertiary/aromatic N) is 1. The van der Waals surface area contributed by atoms with Gasteiger partial charge in [0.05, 0.1) is 6.61 Å². The van der Waals surface area contributed by atoms with E-state index in [4.69, 9.17) is 14.2 Å². The van der Waals surface area contributed by atoms with Gasteiger partial charge in [-0.1, -0.05) is 18.2 Å². The van der Waals surface area contributed by atoms with Crippen molar-refractivity contribution in [2.24, 2.45) is 0 Å². The number of benzene rings is 2. The number of carbonyl (C=O) groups excluding carboxylic acids is 3. The number of amides is 2. The lowest BCUT2D eigenvalue weighted by molar-refractivity contribution is 0.0909. The zero-order chi connectivity index (χ0) is 21.3. The van der Waals surface area contributed by atoms with Crippen molar-refractivity contribution in [1.82, 2.24) is 10.2 Å². The van der Waals surface area contributed by atoms with Crippen LogP contribution in [0.3, 0.4) is 0 Å². The molecule has 1 aliphatic heterocycles. The van der Waals surface area contributed by atoms with E-state index in [0.717, 1.165) is 0 Å². The van der Waals surface area contributed by atoms with Gasteiger partial charge in [-0.25, -0.2) is 9.59 Å². The maximum atomic E-state index is 12.5. The van der Waals surface area contributed by atoms with Crippen LogP contribution in [0.25, 0.3) is 0 Å². The standard InChI is InChI=1S/C22H24N2O6/c1-2-28-22(27)30-19-10-8-16(9-11-19)20(25)23-17-12-14-24(15-13-17)21(26)29-18-6-4-3-5-7-18/h3-11,17H,2,12-15H2,1H3,(H,23,25). The fourth-order valence-electron chi connectivity index (χ4n) is 3.05. The highest BCUT2D eigenvalue weighted by Crippen LogP contribution is 2.17. The van der Waals surface area contributed by atoms with Crippen molar-refractivity contribution < 1.29 is 28.6 Å². The number of hydrogen-bond donors (Lipinski definition) is 1. The largest absolute Gasteiger partial charge is 0.513 e. The lowest BCUT2D eigenvalue weighted by Gasteiger charge is -2.31. The van der Waals surface area contributed by atoms with Crippen LogP contribution in [0, 0.1) is 0 Å². The first-order valence-electron chi connectivity index (χ1n) is 9.82. The second kappa shape index (κ2) is 10.3. The van der Waals surface area contributed by atoms with E-state index in [1.54, 1.807) is 48.2 Å². The number of hydrogen-bond acceptors (Lipinski definition) is 6. The molecule has 2 aromatic carbocycles. The number of ether oxygens (including phenoxy) is 3. The summed E-state index contributed by atoms with van der Waals surface area (Å²) in [7, 11) is 0. The Labute approximate surface area is 174 Å². The van der Waals surface area contributed by atoms with Gasteiger partial charge in [-0.2, -0.15) is 0 Å². The van der Waals surface area contributed by atoms with Crippen molar-refractivity contribution >= 4 is 18.2 Å². The van der Waals surface area contributed by atoms with Crippen LogP contribution in [0.15, 0.2) is 54.6 Å². The van der Waals surface area contributed by atoms with Crippen LogP contribution in [-0.4, -0.2) is 48.8 Å². The molecule has 0 spiro atoms. The van der Waals surface area contributed by atoms with Crippen molar-refractivity contribution in [2.75, 3.05) is 19.7 Å². The Morgan fingerprint density at radius 3 is 2.20 bits per heavy atom. The van der Waals surface area contributed by atoms with Crippen LogP contribution in [0.5, 0.6) is 11.5 Å². The van der Waals surface area contributed by atoms with Crippen molar-refractivity contribution in [3.63, 3.8) is 0 Å². The minimum atomic E-state index is -0.785. The molecule has 1 aliphatic rings. The van der Waals surface area contributed by atoms with Crippen LogP contribution in [0.2, 0.25) is 0 Å². The van der Waals surface area contributed by atoms with Crippen molar-refractivity contribution in [3.05, 3.63) is 60.2 Å². The molecule has 3 rings (SSSR count). The molecule has 2 amide bonds. The fraction of sp³-hybridized carbons (Fsp3) is 0.318. The summed E-state index contributed by atoms with van der Waals surface area (Å²) in [5.41, 5.74) is 0.456. The van der Waals surface area contributed by atoms with E-state index in [0.29, 0.717) is 43.0 Å². The second-order valence-electron chi connectivity index (χ2n) is 6.73. The Morgan fingerprint density at radius 2 is 1.57 bits per heavy atom. The number of carbonyl (C=O) groups is 3. The Kier molecular flexibility index (Phi) is 7.26. The van der Waals surface area contributed by atoms with E-state index >= 15 is 0 Å². The van der Waals surface area contributed by atoms with E-state index in [-0.39, 0.29) is 24.6 Å². The summed E-state index contributed by atoms with van der Waals surface area (Å²) in [6.07, 6.45) is 0.106. The molecule has 8 heteroatoms. The smallest absolute Gasteiger partial charge is 0.434 e. The number of piperidine rings is 1. The molecular weight excluding hydrogens is 388 g/mol. The van der Waals surface area contributed by atoms with E-state index in [9.17, 15) is 14.4 Å². The van der Waals surface area contributed by atoms with Gasteiger partial charge >= 0.3 is 12.2 Å². The normalized spacial score (nSPS) is 14.0. The molecule has 30 heavy (non-hydrogen) atoms. The molecule has 1 fully saturated rings. The maximum Gasteiger partial charge on any atom is 0.513 e. The van der Waals surface area contributed by atoms with Gasteiger partial charge in [0, 0.05) is 24.7 Å². The Bertz CT molecular complexity index is 861. The maximum absolute atomic E-state index is 12.5. The molecule has 1 saturated heterocycles. The molecule has 8 nitrogen and oxygen atoms in total. The quantitative estimate of drug-likeness (QED) is 0.596. The average Bonchev–Trinajstić information content (AvgIpc) is 2.75. The van der Waals surface area contributed by atoms with E-state index in [1.165, 1.54) is 12.1 Å². The molecule has 0 atom stereocenters. The second-order valence-corrected chi connectivity index (χ2v) is 6.73. The summed E-state index contributed by atoms with van der Waals surface area (Å²) < 4.78 is 15.0. The minimum absolute atomic E-state index is 0.0336. The first-order chi connectivity index (χ1) is 14.5. The van der Waals surface area contributed by atoms with Gasteiger partial charge in [0.25, 0.3) is 5.91 Å². The van der Waals surface area contributed by atoms with E-state index in [1.807, 2.05) is 6.07 Å². The SMILES string of the molecule is CCOC(=O)Oc1ccc(C(=O)NC2CCN(C(=O)Oc3ccccc3)CC2)cc1. The topological polar surface area (TPSA) is 94.2 Å². The predicted molar refractivity (Wildman–Crippen MR) is 109 cm³/mol. The summed E-state index contributed by atoms with van der Waals surface area (Å²) in [4.78, 5) is 37.6. The van der Waals surface area contributed by atoms with Crippen molar-refractivity contribution in [3.8, 4) is 11.5 Å². The number of nitrogens with one attached hydrogen (secondary N) is 1. The number of likely N-dealkylation sites (tertiary alicyclic amines) is 1. The molecule has 0 unspecified atom stereocenters. The van der Waals surface area contributed by atoms with Crippen molar-refractivity contribution in [1.29, 1.82) is 0 Å². The highest BCUT2D eigenvalue weighted by molar-refractivity contribution is 5.94. The first-order valence-corrected chi connectivity index (χ1v) is 9.82. The molecule has 2 aromatic rings. The van der Waals surface area contributed by atoms with E-state index < -0.39 is 6.16 Å². The summed E-state index contributed by atoms with van der Waals surface area (Å²) in [6, 6.07) is 15.1. The van der Waals surface area contributed by atoms with Crippen molar-refractivity contribution in [2.45, 2.75) is 25.8 Å². The monoisotopic (exact) mass is 412 g/mol. The molecule has 0 saturated carbocycles.